The number of non-ortho nitro benzene ring substituents is 1. The van der Waals surface area contributed by atoms with Crippen molar-refractivity contribution in [1.82, 2.24) is 19.6 Å². The van der Waals surface area contributed by atoms with E-state index in [-0.39, 0.29) is 5.69 Å². The lowest BCUT2D eigenvalue weighted by molar-refractivity contribution is -0.384. The number of benzene rings is 3. The first-order valence-corrected chi connectivity index (χ1v) is 8.66. The van der Waals surface area contributed by atoms with E-state index in [0.717, 1.165) is 21.8 Å². The van der Waals surface area contributed by atoms with Crippen LogP contribution in [0, 0.1) is 17.0 Å². The van der Waals surface area contributed by atoms with Crippen molar-refractivity contribution in [3.05, 3.63) is 76.6 Å². The van der Waals surface area contributed by atoms with Gasteiger partial charge in [0, 0.05) is 28.6 Å². The minimum absolute atomic E-state index is 0.00390. The van der Waals surface area contributed by atoms with Crippen LogP contribution in [0.1, 0.15) is 5.82 Å². The van der Waals surface area contributed by atoms with Gasteiger partial charge in [0.1, 0.15) is 11.6 Å². The highest BCUT2D eigenvalue weighted by atomic mass is 16.6. The fourth-order valence-electron chi connectivity index (χ4n) is 3.44. The van der Waals surface area contributed by atoms with Gasteiger partial charge in [-0.15, -0.1) is 10.2 Å². The number of aryl methyl sites for hydroxylation is 1. The molecule has 2 heterocycles. The summed E-state index contributed by atoms with van der Waals surface area (Å²) in [5.74, 6) is 1.57. The van der Waals surface area contributed by atoms with E-state index in [2.05, 4.69) is 20.5 Å². The SMILES string of the molecule is Cc1nnc2nc(Nc3cccc4ccccc34)c3ccc([N+](=O)[O-])cc3n12. The number of rotatable bonds is 3. The molecule has 1 N–H and O–H groups in total. The van der Waals surface area contributed by atoms with E-state index in [1.54, 1.807) is 17.4 Å². The Morgan fingerprint density at radius 2 is 1.82 bits per heavy atom. The van der Waals surface area contributed by atoms with Gasteiger partial charge in [0.2, 0.25) is 0 Å². The smallest absolute Gasteiger partial charge is 0.271 e. The molecule has 3 aromatic carbocycles. The second-order valence-electron chi connectivity index (χ2n) is 6.45. The molecule has 5 rings (SSSR count). The van der Waals surface area contributed by atoms with Gasteiger partial charge >= 0.3 is 0 Å². The summed E-state index contributed by atoms with van der Waals surface area (Å²) < 4.78 is 1.72. The molecule has 5 aromatic rings. The molecular weight excluding hydrogens is 356 g/mol. The Morgan fingerprint density at radius 3 is 2.68 bits per heavy atom. The van der Waals surface area contributed by atoms with Crippen LogP contribution >= 0.6 is 0 Å². The summed E-state index contributed by atoms with van der Waals surface area (Å²) in [6.07, 6.45) is 0. The zero-order chi connectivity index (χ0) is 19.3. The van der Waals surface area contributed by atoms with Gasteiger partial charge in [0.05, 0.1) is 10.4 Å². The third kappa shape index (κ3) is 2.43. The number of anilines is 2. The molecular formula is C20H14N6O2. The van der Waals surface area contributed by atoms with Gasteiger partial charge < -0.3 is 5.32 Å². The molecule has 0 aliphatic heterocycles. The van der Waals surface area contributed by atoms with Gasteiger partial charge in [-0.25, -0.2) is 0 Å². The summed E-state index contributed by atoms with van der Waals surface area (Å²) in [5.41, 5.74) is 1.53. The van der Waals surface area contributed by atoms with Crippen molar-refractivity contribution in [2.45, 2.75) is 6.92 Å². The van der Waals surface area contributed by atoms with Gasteiger partial charge in [-0.05, 0) is 24.4 Å². The summed E-state index contributed by atoms with van der Waals surface area (Å²) in [5, 5.41) is 25.7. The fraction of sp³-hybridized carbons (Fsp3) is 0.0500. The minimum Gasteiger partial charge on any atom is -0.339 e. The largest absolute Gasteiger partial charge is 0.339 e. The van der Waals surface area contributed by atoms with Crippen molar-refractivity contribution in [2.24, 2.45) is 0 Å². The fourth-order valence-corrected chi connectivity index (χ4v) is 3.44. The predicted octanol–water partition coefficient (Wildman–Crippen LogP) is 4.39. The first-order valence-electron chi connectivity index (χ1n) is 8.66. The number of fused-ring (bicyclic) bond motifs is 4. The van der Waals surface area contributed by atoms with Crippen molar-refractivity contribution < 1.29 is 4.92 Å². The second kappa shape index (κ2) is 5.98. The summed E-state index contributed by atoms with van der Waals surface area (Å²) >= 11 is 0. The highest BCUT2D eigenvalue weighted by molar-refractivity contribution is 5.99. The van der Waals surface area contributed by atoms with Gasteiger partial charge in [-0.3, -0.25) is 14.5 Å². The molecule has 0 fully saturated rings. The molecule has 0 bridgehead atoms. The monoisotopic (exact) mass is 370 g/mol. The topological polar surface area (TPSA) is 98.2 Å². The van der Waals surface area contributed by atoms with Crippen LogP contribution in [0.2, 0.25) is 0 Å². The Balaban J connectivity index is 1.77. The minimum atomic E-state index is -0.413. The summed E-state index contributed by atoms with van der Waals surface area (Å²) in [6.45, 7) is 1.79. The maximum atomic E-state index is 11.3. The number of nitro groups is 1. The lowest BCUT2D eigenvalue weighted by atomic mass is 10.1. The number of hydrogen-bond acceptors (Lipinski definition) is 6. The van der Waals surface area contributed by atoms with Crippen LogP contribution in [-0.4, -0.2) is 24.5 Å². The molecule has 0 unspecified atom stereocenters. The van der Waals surface area contributed by atoms with Gasteiger partial charge in [-0.1, -0.05) is 36.4 Å². The van der Waals surface area contributed by atoms with Crippen molar-refractivity contribution in [3.63, 3.8) is 0 Å². The van der Waals surface area contributed by atoms with Crippen LogP contribution in [0.5, 0.6) is 0 Å². The van der Waals surface area contributed by atoms with E-state index in [1.165, 1.54) is 12.1 Å². The molecule has 0 aliphatic rings. The van der Waals surface area contributed by atoms with Crippen LogP contribution in [-0.2, 0) is 0 Å². The molecule has 2 aromatic heterocycles. The van der Waals surface area contributed by atoms with Crippen molar-refractivity contribution in [3.8, 4) is 0 Å². The Morgan fingerprint density at radius 1 is 1.00 bits per heavy atom. The molecule has 0 saturated carbocycles. The maximum Gasteiger partial charge on any atom is 0.271 e. The quantitative estimate of drug-likeness (QED) is 0.373. The molecule has 0 aliphatic carbocycles. The average Bonchev–Trinajstić information content (AvgIpc) is 3.08. The zero-order valence-electron chi connectivity index (χ0n) is 14.8. The van der Waals surface area contributed by atoms with Crippen LogP contribution in [0.4, 0.5) is 17.2 Å². The molecule has 8 nitrogen and oxygen atoms in total. The highest BCUT2D eigenvalue weighted by Crippen LogP contribution is 2.31. The highest BCUT2D eigenvalue weighted by Gasteiger charge is 2.16. The number of nitrogens with one attached hydrogen (secondary N) is 1. The van der Waals surface area contributed by atoms with Crippen LogP contribution in [0.3, 0.4) is 0 Å². The van der Waals surface area contributed by atoms with Gasteiger partial charge in [0.25, 0.3) is 11.5 Å². The lowest BCUT2D eigenvalue weighted by Crippen LogP contribution is -2.02. The lowest BCUT2D eigenvalue weighted by Gasteiger charge is -2.12. The van der Waals surface area contributed by atoms with E-state index in [0.29, 0.717) is 22.9 Å². The molecule has 8 heteroatoms. The molecule has 28 heavy (non-hydrogen) atoms. The Hall–Kier alpha value is -4.07. The summed E-state index contributed by atoms with van der Waals surface area (Å²) in [7, 11) is 0. The summed E-state index contributed by atoms with van der Waals surface area (Å²) in [6, 6.07) is 18.7. The average molecular weight is 370 g/mol. The normalized spacial score (nSPS) is 11.3. The third-order valence-corrected chi connectivity index (χ3v) is 4.75. The van der Waals surface area contributed by atoms with Gasteiger partial charge in [0.15, 0.2) is 0 Å². The first kappa shape index (κ1) is 16.1. The van der Waals surface area contributed by atoms with Crippen LogP contribution in [0.15, 0.2) is 60.7 Å². The van der Waals surface area contributed by atoms with E-state index in [1.807, 2.05) is 42.5 Å². The van der Waals surface area contributed by atoms with E-state index < -0.39 is 4.92 Å². The van der Waals surface area contributed by atoms with Crippen LogP contribution < -0.4 is 5.32 Å². The number of nitrogens with zero attached hydrogens (tertiary/aromatic N) is 5. The number of hydrogen-bond donors (Lipinski definition) is 1. The van der Waals surface area contributed by atoms with E-state index in [4.69, 9.17) is 0 Å². The maximum absolute atomic E-state index is 11.3. The second-order valence-corrected chi connectivity index (χ2v) is 6.45. The molecule has 0 atom stereocenters. The van der Waals surface area contributed by atoms with Crippen molar-refractivity contribution >= 4 is 44.6 Å². The Bertz CT molecular complexity index is 1390. The van der Waals surface area contributed by atoms with Crippen molar-refractivity contribution in [1.29, 1.82) is 0 Å². The number of aromatic nitrogens is 4. The van der Waals surface area contributed by atoms with Crippen molar-refractivity contribution in [2.75, 3.05) is 5.32 Å². The molecule has 0 amide bonds. The van der Waals surface area contributed by atoms with E-state index >= 15 is 0 Å². The van der Waals surface area contributed by atoms with E-state index in [9.17, 15) is 10.1 Å². The standard InChI is InChI=1S/C20H14N6O2/c1-12-23-24-20-22-19(16-10-9-14(26(27)28)11-18(16)25(12)20)21-17-8-4-6-13-5-2-3-7-15(13)17/h2-11H,1H3,(H,21,22,24). The summed E-state index contributed by atoms with van der Waals surface area (Å²) in [4.78, 5) is 15.5. The zero-order valence-corrected chi connectivity index (χ0v) is 14.8. The third-order valence-electron chi connectivity index (χ3n) is 4.75. The predicted molar refractivity (Wildman–Crippen MR) is 107 cm³/mol. The molecule has 0 saturated heterocycles. The molecule has 0 radical (unpaired) electrons. The first-order chi connectivity index (χ1) is 13.6. The van der Waals surface area contributed by atoms with Gasteiger partial charge in [-0.2, -0.15) is 4.98 Å². The number of nitro benzene ring substituents is 1. The Labute approximate surface area is 158 Å². The molecule has 136 valence electrons. The Kier molecular flexibility index (Phi) is 3.45. The van der Waals surface area contributed by atoms with Crippen LogP contribution in [0.25, 0.3) is 27.5 Å². The molecule has 0 spiro atoms.